The molecule has 3 nitrogen and oxygen atoms in total. The van der Waals surface area contributed by atoms with Gasteiger partial charge in [0.25, 0.3) is 0 Å². The van der Waals surface area contributed by atoms with Gasteiger partial charge in [0.15, 0.2) is 0 Å². The second-order valence-corrected chi connectivity index (χ2v) is 4.39. The molecule has 2 rings (SSSR count). The maximum atomic E-state index is 13.2. The number of halogens is 2. The van der Waals surface area contributed by atoms with Crippen LogP contribution in [0, 0.1) is 5.82 Å². The Balaban J connectivity index is 2.53. The maximum absolute atomic E-state index is 13.2. The molecule has 2 aromatic rings. The van der Waals surface area contributed by atoms with Crippen molar-refractivity contribution in [1.82, 2.24) is 0 Å². The summed E-state index contributed by atoms with van der Waals surface area (Å²) in [5.41, 5.74) is 0.950. The normalized spacial score (nSPS) is 10.3. The molecule has 0 aliphatic heterocycles. The zero-order valence-corrected chi connectivity index (χ0v) is 10.9. The van der Waals surface area contributed by atoms with Crippen LogP contribution < -0.4 is 4.90 Å². The van der Waals surface area contributed by atoms with Crippen molar-refractivity contribution in [3.63, 3.8) is 0 Å². The topological polar surface area (TPSA) is 40.5 Å². The number of benzene rings is 2. The number of rotatable bonds is 3. The van der Waals surface area contributed by atoms with Crippen LogP contribution in [0.1, 0.15) is 10.4 Å². The van der Waals surface area contributed by atoms with Gasteiger partial charge >= 0.3 is 5.97 Å². The molecule has 0 saturated carbocycles. The van der Waals surface area contributed by atoms with Gasteiger partial charge in [-0.05, 0) is 30.3 Å². The Hall–Kier alpha value is -2.07. The van der Waals surface area contributed by atoms with Gasteiger partial charge in [0, 0.05) is 12.7 Å². The molecule has 0 aromatic heterocycles. The van der Waals surface area contributed by atoms with Gasteiger partial charge in [-0.1, -0.05) is 23.7 Å². The van der Waals surface area contributed by atoms with Crippen molar-refractivity contribution in [2.75, 3.05) is 11.9 Å². The highest BCUT2D eigenvalue weighted by atomic mass is 35.5. The van der Waals surface area contributed by atoms with E-state index in [-0.39, 0.29) is 16.4 Å². The zero-order valence-electron chi connectivity index (χ0n) is 10.1. The highest BCUT2D eigenvalue weighted by Gasteiger charge is 2.18. The number of carbonyl (C=O) groups is 1. The van der Waals surface area contributed by atoms with Crippen LogP contribution in [0.2, 0.25) is 5.02 Å². The van der Waals surface area contributed by atoms with E-state index in [1.165, 1.54) is 18.2 Å². The number of nitrogens with zero attached hydrogens (tertiary/aromatic N) is 1. The smallest absolute Gasteiger partial charge is 0.339 e. The lowest BCUT2D eigenvalue weighted by atomic mass is 10.1. The molecule has 0 saturated heterocycles. The van der Waals surface area contributed by atoms with Gasteiger partial charge in [0.2, 0.25) is 0 Å². The lowest BCUT2D eigenvalue weighted by molar-refractivity contribution is 0.0698. The van der Waals surface area contributed by atoms with Gasteiger partial charge in [0.05, 0.1) is 10.7 Å². The van der Waals surface area contributed by atoms with E-state index in [0.29, 0.717) is 11.4 Å². The van der Waals surface area contributed by atoms with Gasteiger partial charge in [-0.25, -0.2) is 9.18 Å². The molecular formula is C14H11ClFNO2. The van der Waals surface area contributed by atoms with Crippen molar-refractivity contribution in [2.45, 2.75) is 0 Å². The molecule has 0 atom stereocenters. The standard InChI is InChI=1S/C14H11ClFNO2/c1-17(10-5-2-4-9(16)8-10)12-7-3-6-11(15)13(12)14(18)19/h2-8H,1H3,(H,18,19). The summed E-state index contributed by atoms with van der Waals surface area (Å²) in [5.74, 6) is -1.51. The summed E-state index contributed by atoms with van der Waals surface area (Å²) < 4.78 is 13.2. The average Bonchev–Trinajstić information content (AvgIpc) is 2.37. The zero-order chi connectivity index (χ0) is 14.0. The molecule has 0 unspecified atom stereocenters. The fraction of sp³-hybridized carbons (Fsp3) is 0.0714. The number of aromatic carboxylic acids is 1. The van der Waals surface area contributed by atoms with E-state index >= 15 is 0 Å². The van der Waals surface area contributed by atoms with Gasteiger partial charge in [-0.3, -0.25) is 0 Å². The van der Waals surface area contributed by atoms with Crippen LogP contribution in [0.5, 0.6) is 0 Å². The number of carboxylic acid groups (broad SMARTS) is 1. The van der Waals surface area contributed by atoms with Gasteiger partial charge in [0.1, 0.15) is 11.4 Å². The molecule has 1 N–H and O–H groups in total. The minimum Gasteiger partial charge on any atom is -0.478 e. The van der Waals surface area contributed by atoms with Crippen molar-refractivity contribution < 1.29 is 14.3 Å². The highest BCUT2D eigenvalue weighted by molar-refractivity contribution is 6.34. The van der Waals surface area contributed by atoms with Crippen molar-refractivity contribution in [2.24, 2.45) is 0 Å². The van der Waals surface area contributed by atoms with Crippen LogP contribution >= 0.6 is 11.6 Å². The fourth-order valence-corrected chi connectivity index (χ4v) is 2.08. The van der Waals surface area contributed by atoms with Crippen LogP contribution in [-0.2, 0) is 0 Å². The van der Waals surface area contributed by atoms with Crippen molar-refractivity contribution in [3.05, 3.63) is 58.9 Å². The molecule has 0 spiro atoms. The summed E-state index contributed by atoms with van der Waals surface area (Å²) in [6, 6.07) is 10.7. The van der Waals surface area contributed by atoms with E-state index in [4.69, 9.17) is 11.6 Å². The molecular weight excluding hydrogens is 269 g/mol. The second kappa shape index (κ2) is 5.28. The molecule has 0 aliphatic rings. The van der Waals surface area contributed by atoms with E-state index in [9.17, 15) is 14.3 Å². The minimum atomic E-state index is -1.12. The molecule has 0 heterocycles. The van der Waals surface area contributed by atoms with E-state index in [2.05, 4.69) is 0 Å². The molecule has 0 aliphatic carbocycles. The SMILES string of the molecule is CN(c1cccc(F)c1)c1cccc(Cl)c1C(=O)O. The molecule has 2 aromatic carbocycles. The minimum absolute atomic E-state index is 0.00377. The Kier molecular flexibility index (Phi) is 3.71. The molecule has 0 bridgehead atoms. The molecule has 0 radical (unpaired) electrons. The molecule has 19 heavy (non-hydrogen) atoms. The molecule has 0 fully saturated rings. The third-order valence-corrected chi connectivity index (χ3v) is 3.08. The van der Waals surface area contributed by atoms with E-state index in [1.54, 1.807) is 36.2 Å². The Morgan fingerprint density at radius 3 is 2.58 bits per heavy atom. The van der Waals surface area contributed by atoms with Crippen molar-refractivity contribution in [3.8, 4) is 0 Å². The predicted octanol–water partition coefficient (Wildman–Crippen LogP) is 3.95. The third-order valence-electron chi connectivity index (χ3n) is 2.76. The molecule has 5 heteroatoms. The number of anilines is 2. The molecule has 0 amide bonds. The lowest BCUT2D eigenvalue weighted by Crippen LogP contribution is -2.14. The summed E-state index contributed by atoms with van der Waals surface area (Å²) in [6.07, 6.45) is 0. The predicted molar refractivity (Wildman–Crippen MR) is 72.9 cm³/mol. The summed E-state index contributed by atoms with van der Waals surface area (Å²) >= 11 is 5.91. The average molecular weight is 280 g/mol. The maximum Gasteiger partial charge on any atom is 0.339 e. The van der Waals surface area contributed by atoms with Crippen LogP contribution in [0.3, 0.4) is 0 Å². The van der Waals surface area contributed by atoms with Crippen molar-refractivity contribution in [1.29, 1.82) is 0 Å². The van der Waals surface area contributed by atoms with Crippen molar-refractivity contribution >= 4 is 28.9 Å². The largest absolute Gasteiger partial charge is 0.478 e. The first-order valence-corrected chi connectivity index (χ1v) is 5.89. The van der Waals surface area contributed by atoms with E-state index in [0.717, 1.165) is 0 Å². The summed E-state index contributed by atoms with van der Waals surface area (Å²) in [5, 5.41) is 9.36. The Bertz CT molecular complexity index is 631. The first kappa shape index (κ1) is 13.4. The van der Waals surface area contributed by atoms with Crippen LogP contribution in [0.4, 0.5) is 15.8 Å². The summed E-state index contributed by atoms with van der Waals surface area (Å²) in [4.78, 5) is 12.8. The Labute approximate surface area is 114 Å². The number of carboxylic acids is 1. The van der Waals surface area contributed by atoms with E-state index in [1.807, 2.05) is 0 Å². The Morgan fingerprint density at radius 1 is 1.26 bits per heavy atom. The highest BCUT2D eigenvalue weighted by Crippen LogP contribution is 2.31. The van der Waals surface area contributed by atoms with E-state index < -0.39 is 5.97 Å². The van der Waals surface area contributed by atoms with Crippen LogP contribution in [0.25, 0.3) is 0 Å². The molecule has 98 valence electrons. The Morgan fingerprint density at radius 2 is 1.95 bits per heavy atom. The lowest BCUT2D eigenvalue weighted by Gasteiger charge is -2.21. The first-order chi connectivity index (χ1) is 9.00. The first-order valence-electron chi connectivity index (χ1n) is 5.52. The second-order valence-electron chi connectivity index (χ2n) is 3.98. The van der Waals surface area contributed by atoms with Gasteiger partial charge in [-0.15, -0.1) is 0 Å². The quantitative estimate of drug-likeness (QED) is 0.925. The third kappa shape index (κ3) is 2.69. The van der Waals surface area contributed by atoms with Gasteiger partial charge < -0.3 is 10.0 Å². The summed E-state index contributed by atoms with van der Waals surface area (Å²) in [7, 11) is 1.66. The summed E-state index contributed by atoms with van der Waals surface area (Å²) in [6.45, 7) is 0. The van der Waals surface area contributed by atoms with Crippen LogP contribution in [0.15, 0.2) is 42.5 Å². The van der Waals surface area contributed by atoms with Gasteiger partial charge in [-0.2, -0.15) is 0 Å². The van der Waals surface area contributed by atoms with Crippen LogP contribution in [-0.4, -0.2) is 18.1 Å². The number of hydrogen-bond donors (Lipinski definition) is 1. The number of hydrogen-bond acceptors (Lipinski definition) is 2. The monoisotopic (exact) mass is 279 g/mol. The fourth-order valence-electron chi connectivity index (χ4n) is 1.83.